The van der Waals surface area contributed by atoms with E-state index in [9.17, 15) is 10.2 Å². The summed E-state index contributed by atoms with van der Waals surface area (Å²) in [5, 5.41) is 18.9. The maximum atomic E-state index is 9.44. The predicted octanol–water partition coefficient (Wildman–Crippen LogP) is 3.73. The first-order chi connectivity index (χ1) is 7.02. The van der Waals surface area contributed by atoms with Crippen molar-refractivity contribution in [1.82, 2.24) is 0 Å². The Labute approximate surface area is 90.7 Å². The molecule has 0 rings (SSSR count). The normalized spacial score (nSPS) is 13.7. The summed E-state index contributed by atoms with van der Waals surface area (Å²) >= 11 is 0. The van der Waals surface area contributed by atoms with Crippen LogP contribution in [0.3, 0.4) is 0 Å². The predicted molar refractivity (Wildman–Crippen MR) is 61.4 cm³/mol. The van der Waals surface area contributed by atoms with Crippen molar-refractivity contribution in [3.05, 3.63) is 48.3 Å². The maximum absolute atomic E-state index is 9.44. The Bertz CT molecular complexity index is 268. The van der Waals surface area contributed by atoms with Gasteiger partial charge < -0.3 is 14.9 Å². The second-order valence-corrected chi connectivity index (χ2v) is 3.09. The van der Waals surface area contributed by atoms with Gasteiger partial charge in [-0.2, -0.15) is 0 Å². The van der Waals surface area contributed by atoms with Crippen LogP contribution in [0.15, 0.2) is 48.3 Å². The minimum absolute atomic E-state index is 0.107. The van der Waals surface area contributed by atoms with Crippen molar-refractivity contribution in [1.29, 1.82) is 0 Å². The molecule has 0 unspecified atom stereocenters. The van der Waals surface area contributed by atoms with Gasteiger partial charge in [-0.05, 0) is 13.8 Å². The van der Waals surface area contributed by atoms with E-state index in [1.807, 2.05) is 0 Å². The molecule has 15 heavy (non-hydrogen) atoms. The third-order valence-corrected chi connectivity index (χ3v) is 1.79. The van der Waals surface area contributed by atoms with E-state index in [0.717, 1.165) is 0 Å². The van der Waals surface area contributed by atoms with Gasteiger partial charge in [-0.3, -0.25) is 0 Å². The Hall–Kier alpha value is -1.64. The second kappa shape index (κ2) is 6.76. The lowest BCUT2D eigenvalue weighted by Gasteiger charge is -2.09. The fourth-order valence-corrected chi connectivity index (χ4v) is 0.908. The third-order valence-electron chi connectivity index (χ3n) is 1.79. The molecule has 0 aromatic rings. The summed E-state index contributed by atoms with van der Waals surface area (Å²) < 4.78 is 5.24. The molecular formula is C12H18O3. The highest BCUT2D eigenvalue weighted by Gasteiger charge is 2.04. The molecule has 3 nitrogen and oxygen atoms in total. The van der Waals surface area contributed by atoms with Crippen LogP contribution in [0.5, 0.6) is 0 Å². The molecule has 84 valence electrons. The summed E-state index contributed by atoms with van der Waals surface area (Å²) in [5.41, 5.74) is 0. The van der Waals surface area contributed by atoms with Crippen LogP contribution in [0.2, 0.25) is 0 Å². The van der Waals surface area contributed by atoms with Crippen molar-refractivity contribution in [3.63, 3.8) is 0 Å². The number of allylic oxidation sites excluding steroid dienone is 4. The van der Waals surface area contributed by atoms with E-state index in [0.29, 0.717) is 24.4 Å². The molecule has 3 heteroatoms. The van der Waals surface area contributed by atoms with E-state index in [-0.39, 0.29) is 11.5 Å². The Balaban J connectivity index is 4.58. The molecule has 0 saturated carbocycles. The zero-order valence-corrected chi connectivity index (χ0v) is 9.29. The van der Waals surface area contributed by atoms with Crippen LogP contribution in [-0.4, -0.2) is 10.2 Å². The molecule has 0 aliphatic carbocycles. The topological polar surface area (TPSA) is 49.7 Å². The molecule has 0 amide bonds. The number of aliphatic hydroxyl groups excluding tert-OH is 2. The SMILES string of the molecule is C=CC/C(O)=C(\C)O/C(C)=C(\O)CC=C. The van der Waals surface area contributed by atoms with Gasteiger partial charge in [-0.15, -0.1) is 13.2 Å². The summed E-state index contributed by atoms with van der Waals surface area (Å²) in [6.45, 7) is 10.3. The molecule has 0 radical (unpaired) electrons. The first-order valence-electron chi connectivity index (χ1n) is 4.70. The first-order valence-corrected chi connectivity index (χ1v) is 4.70. The second-order valence-electron chi connectivity index (χ2n) is 3.09. The van der Waals surface area contributed by atoms with E-state index < -0.39 is 0 Å². The van der Waals surface area contributed by atoms with Crippen LogP contribution in [0.4, 0.5) is 0 Å². The van der Waals surface area contributed by atoms with Gasteiger partial charge in [0.15, 0.2) is 0 Å². The van der Waals surface area contributed by atoms with E-state index in [2.05, 4.69) is 13.2 Å². The standard InChI is InChI=1S/C12H18O3/c1-5-7-11(13)9(3)15-10(4)12(14)8-6-2/h5-6,13-14H,1-2,7-8H2,3-4H3/b11-9-,12-10-. The van der Waals surface area contributed by atoms with Crippen LogP contribution in [0.25, 0.3) is 0 Å². The van der Waals surface area contributed by atoms with Crippen molar-refractivity contribution in [2.24, 2.45) is 0 Å². The highest BCUT2D eigenvalue weighted by atomic mass is 16.5. The molecule has 0 fully saturated rings. The monoisotopic (exact) mass is 210 g/mol. The molecule has 2 N–H and O–H groups in total. The highest BCUT2D eigenvalue weighted by Crippen LogP contribution is 2.15. The number of aliphatic hydroxyl groups is 2. The zero-order chi connectivity index (χ0) is 11.8. The molecule has 0 aliphatic heterocycles. The summed E-state index contributed by atoms with van der Waals surface area (Å²) in [6, 6.07) is 0. The number of hydrogen-bond acceptors (Lipinski definition) is 3. The molecular weight excluding hydrogens is 192 g/mol. The number of ether oxygens (including phenoxy) is 1. The summed E-state index contributed by atoms with van der Waals surface area (Å²) in [6.07, 6.45) is 3.85. The van der Waals surface area contributed by atoms with Gasteiger partial charge in [0, 0.05) is 12.8 Å². The van der Waals surface area contributed by atoms with Crippen LogP contribution < -0.4 is 0 Å². The van der Waals surface area contributed by atoms with Gasteiger partial charge in [0.1, 0.15) is 23.0 Å². The summed E-state index contributed by atoms with van der Waals surface area (Å²) in [7, 11) is 0. The van der Waals surface area contributed by atoms with Gasteiger partial charge in [-0.25, -0.2) is 0 Å². The smallest absolute Gasteiger partial charge is 0.138 e. The van der Waals surface area contributed by atoms with Crippen molar-refractivity contribution in [2.75, 3.05) is 0 Å². The molecule has 0 bridgehead atoms. The molecule has 0 aromatic heterocycles. The van der Waals surface area contributed by atoms with Gasteiger partial charge in [-0.1, -0.05) is 12.2 Å². The lowest BCUT2D eigenvalue weighted by atomic mass is 10.3. The molecule has 0 heterocycles. The Morgan fingerprint density at radius 2 is 1.33 bits per heavy atom. The molecule has 0 aliphatic rings. The lowest BCUT2D eigenvalue weighted by Crippen LogP contribution is -1.95. The average molecular weight is 210 g/mol. The Morgan fingerprint density at radius 3 is 1.60 bits per heavy atom. The maximum Gasteiger partial charge on any atom is 0.138 e. The van der Waals surface area contributed by atoms with E-state index >= 15 is 0 Å². The van der Waals surface area contributed by atoms with Crippen molar-refractivity contribution in [3.8, 4) is 0 Å². The van der Waals surface area contributed by atoms with E-state index in [1.54, 1.807) is 26.0 Å². The number of rotatable bonds is 6. The van der Waals surface area contributed by atoms with Crippen molar-refractivity contribution < 1.29 is 14.9 Å². The molecule has 0 atom stereocenters. The van der Waals surface area contributed by atoms with Crippen LogP contribution >= 0.6 is 0 Å². The minimum Gasteiger partial charge on any atom is -0.508 e. The van der Waals surface area contributed by atoms with E-state index in [1.165, 1.54) is 0 Å². The summed E-state index contributed by atoms with van der Waals surface area (Å²) in [5.74, 6) is 0.942. The lowest BCUT2D eigenvalue weighted by molar-refractivity contribution is 0.238. The quantitative estimate of drug-likeness (QED) is 0.518. The fourth-order valence-electron chi connectivity index (χ4n) is 0.908. The molecule has 0 saturated heterocycles. The largest absolute Gasteiger partial charge is 0.508 e. The highest BCUT2D eigenvalue weighted by molar-refractivity contribution is 5.08. The van der Waals surface area contributed by atoms with Crippen LogP contribution in [0.1, 0.15) is 26.7 Å². The Kier molecular flexibility index (Phi) is 6.02. The van der Waals surface area contributed by atoms with Crippen LogP contribution in [-0.2, 0) is 4.74 Å². The van der Waals surface area contributed by atoms with Crippen molar-refractivity contribution in [2.45, 2.75) is 26.7 Å². The van der Waals surface area contributed by atoms with Crippen LogP contribution in [0, 0.1) is 0 Å². The zero-order valence-electron chi connectivity index (χ0n) is 9.29. The number of hydrogen-bond donors (Lipinski definition) is 2. The van der Waals surface area contributed by atoms with Gasteiger partial charge in [0.05, 0.1) is 0 Å². The third kappa shape index (κ3) is 4.96. The van der Waals surface area contributed by atoms with E-state index in [4.69, 9.17) is 4.74 Å². The van der Waals surface area contributed by atoms with Gasteiger partial charge in [0.2, 0.25) is 0 Å². The average Bonchev–Trinajstić information content (AvgIpc) is 2.18. The van der Waals surface area contributed by atoms with Gasteiger partial charge in [0.25, 0.3) is 0 Å². The Morgan fingerprint density at radius 1 is 1.00 bits per heavy atom. The van der Waals surface area contributed by atoms with Gasteiger partial charge >= 0.3 is 0 Å². The van der Waals surface area contributed by atoms with Crippen molar-refractivity contribution >= 4 is 0 Å². The minimum atomic E-state index is 0.107. The fraction of sp³-hybridized carbons (Fsp3) is 0.333. The molecule has 0 spiro atoms. The molecule has 0 aromatic carbocycles. The summed E-state index contributed by atoms with van der Waals surface area (Å²) in [4.78, 5) is 0. The first kappa shape index (κ1) is 13.4.